The Morgan fingerprint density at radius 3 is 2.23 bits per heavy atom. The molecule has 0 aromatic heterocycles. The summed E-state index contributed by atoms with van der Waals surface area (Å²) in [5.41, 5.74) is -0.300. The highest BCUT2D eigenvalue weighted by Gasteiger charge is 2.58. The predicted octanol–water partition coefficient (Wildman–Crippen LogP) is 1.28. The van der Waals surface area contributed by atoms with Crippen LogP contribution in [0.4, 0.5) is 0 Å². The fourth-order valence-electron chi connectivity index (χ4n) is 4.05. The Labute approximate surface area is 182 Å². The van der Waals surface area contributed by atoms with E-state index in [1.165, 1.54) is 16.7 Å². The van der Waals surface area contributed by atoms with E-state index in [2.05, 4.69) is 5.32 Å². The Bertz CT molecular complexity index is 1030. The van der Waals surface area contributed by atoms with Crippen LogP contribution in [0.2, 0.25) is 0 Å². The van der Waals surface area contributed by atoms with Crippen LogP contribution >= 0.6 is 11.8 Å². The van der Waals surface area contributed by atoms with E-state index >= 15 is 0 Å². The van der Waals surface area contributed by atoms with Gasteiger partial charge in [0.1, 0.15) is 16.8 Å². The molecule has 4 rings (SSSR count). The van der Waals surface area contributed by atoms with Crippen LogP contribution in [-0.2, 0) is 24.6 Å². The second kappa shape index (κ2) is 8.07. The van der Waals surface area contributed by atoms with Crippen molar-refractivity contribution < 1.29 is 29.4 Å². The molecule has 160 valence electrons. The number of fused-ring (bicyclic) bond motifs is 1. The summed E-state index contributed by atoms with van der Waals surface area (Å²) in [5, 5.41) is 21.6. The van der Waals surface area contributed by atoms with Crippen LogP contribution in [0.15, 0.2) is 60.7 Å². The summed E-state index contributed by atoms with van der Waals surface area (Å²) in [6, 6.07) is 16.0. The van der Waals surface area contributed by atoms with E-state index in [0.29, 0.717) is 11.1 Å². The van der Waals surface area contributed by atoms with E-state index in [1.54, 1.807) is 60.7 Å². The zero-order valence-corrected chi connectivity index (χ0v) is 17.1. The van der Waals surface area contributed by atoms with Crippen molar-refractivity contribution in [3.8, 4) is 0 Å². The third-order valence-electron chi connectivity index (χ3n) is 5.76. The van der Waals surface area contributed by atoms with Crippen molar-refractivity contribution in [3.63, 3.8) is 0 Å². The number of β-lactam (4-membered cyclic amide) rings is 1. The Morgan fingerprint density at radius 2 is 1.65 bits per heavy atom. The monoisotopic (exact) mass is 440 g/mol. The van der Waals surface area contributed by atoms with Crippen molar-refractivity contribution in [2.75, 3.05) is 12.3 Å². The number of rotatable bonds is 6. The molecule has 2 fully saturated rings. The molecule has 2 saturated heterocycles. The number of amides is 2. The standard InChI is InChI=1S/C22H20N2O6S/c25-17(15(20(27)28)13-7-3-1-4-8-13)23-16-18(26)24-11-22(21(29)30,12-31-19(16)24)14-9-5-2-6-10-14/h1-10,15-16,19H,11-12H2,(H,23,25)(H,27,28)(H,29,30)/t15?,16?,19-,22?/m1/s1. The third-order valence-corrected chi connectivity index (χ3v) is 7.29. The number of carboxylic acid groups (broad SMARTS) is 2. The van der Waals surface area contributed by atoms with Crippen LogP contribution < -0.4 is 5.32 Å². The van der Waals surface area contributed by atoms with Crippen LogP contribution in [0.25, 0.3) is 0 Å². The average Bonchev–Trinajstić information content (AvgIpc) is 2.78. The molecule has 3 unspecified atom stereocenters. The lowest BCUT2D eigenvalue weighted by Crippen LogP contribution is -2.74. The highest BCUT2D eigenvalue weighted by atomic mass is 32.2. The molecule has 2 aliphatic rings. The van der Waals surface area contributed by atoms with Crippen molar-refractivity contribution in [3.05, 3.63) is 71.8 Å². The molecule has 4 atom stereocenters. The quantitative estimate of drug-likeness (QED) is 0.457. The van der Waals surface area contributed by atoms with Gasteiger partial charge < -0.3 is 20.4 Å². The number of hydrogen-bond donors (Lipinski definition) is 3. The van der Waals surface area contributed by atoms with Gasteiger partial charge in [-0.05, 0) is 11.1 Å². The lowest BCUT2D eigenvalue weighted by molar-refractivity contribution is -0.156. The fourth-order valence-corrected chi connectivity index (χ4v) is 5.62. The Hall–Kier alpha value is -3.33. The molecule has 3 N–H and O–H groups in total. The third kappa shape index (κ3) is 3.54. The molecule has 2 amide bonds. The second-order valence-electron chi connectivity index (χ2n) is 7.59. The van der Waals surface area contributed by atoms with Gasteiger partial charge in [0.25, 0.3) is 0 Å². The van der Waals surface area contributed by atoms with Gasteiger partial charge in [0.2, 0.25) is 11.8 Å². The lowest BCUT2D eigenvalue weighted by Gasteiger charge is -2.54. The van der Waals surface area contributed by atoms with Gasteiger partial charge in [-0.25, -0.2) is 0 Å². The van der Waals surface area contributed by atoms with Gasteiger partial charge in [-0.3, -0.25) is 19.2 Å². The maximum Gasteiger partial charge on any atom is 0.320 e. The van der Waals surface area contributed by atoms with Crippen molar-refractivity contribution >= 4 is 35.5 Å². The van der Waals surface area contributed by atoms with Crippen LogP contribution in [0.3, 0.4) is 0 Å². The van der Waals surface area contributed by atoms with Gasteiger partial charge in [0.15, 0.2) is 5.92 Å². The molecule has 2 aromatic carbocycles. The Kier molecular flexibility index (Phi) is 5.45. The molecule has 8 nitrogen and oxygen atoms in total. The summed E-state index contributed by atoms with van der Waals surface area (Å²) >= 11 is 1.27. The van der Waals surface area contributed by atoms with E-state index in [0.717, 1.165) is 0 Å². The maximum absolute atomic E-state index is 12.8. The van der Waals surface area contributed by atoms with E-state index in [1.807, 2.05) is 0 Å². The van der Waals surface area contributed by atoms with Crippen molar-refractivity contribution in [1.82, 2.24) is 10.2 Å². The molecule has 31 heavy (non-hydrogen) atoms. The summed E-state index contributed by atoms with van der Waals surface area (Å²) in [5.74, 6) is -4.70. The first-order valence-corrected chi connectivity index (χ1v) is 10.7. The topological polar surface area (TPSA) is 124 Å². The number of benzene rings is 2. The number of hydrogen-bond acceptors (Lipinski definition) is 5. The van der Waals surface area contributed by atoms with Gasteiger partial charge in [-0.1, -0.05) is 60.7 Å². The van der Waals surface area contributed by atoms with Crippen LogP contribution in [-0.4, -0.2) is 62.6 Å². The number of carbonyl (C=O) groups is 4. The number of thioether (sulfide) groups is 1. The summed E-state index contributed by atoms with van der Waals surface area (Å²) < 4.78 is 0. The van der Waals surface area contributed by atoms with Crippen molar-refractivity contribution in [2.24, 2.45) is 0 Å². The molecule has 0 radical (unpaired) electrons. The molecule has 0 bridgehead atoms. The van der Waals surface area contributed by atoms with Crippen LogP contribution in [0, 0.1) is 0 Å². The van der Waals surface area contributed by atoms with E-state index in [9.17, 15) is 29.4 Å². The fraction of sp³-hybridized carbons (Fsp3) is 0.273. The molecule has 2 aromatic rings. The minimum atomic E-state index is -1.43. The molecule has 0 aliphatic carbocycles. The first-order valence-electron chi connectivity index (χ1n) is 9.64. The summed E-state index contributed by atoms with van der Waals surface area (Å²) in [6.07, 6.45) is 0. The Morgan fingerprint density at radius 1 is 1.03 bits per heavy atom. The number of carbonyl (C=O) groups excluding carboxylic acids is 2. The highest BCUT2D eigenvalue weighted by molar-refractivity contribution is 8.00. The van der Waals surface area contributed by atoms with Gasteiger partial charge >= 0.3 is 11.9 Å². The number of aliphatic carboxylic acids is 2. The normalized spacial score (nSPS) is 25.7. The number of nitrogens with zero attached hydrogens (tertiary/aromatic N) is 1. The molecule has 2 aliphatic heterocycles. The second-order valence-corrected chi connectivity index (χ2v) is 8.69. The molecular weight excluding hydrogens is 420 g/mol. The average molecular weight is 440 g/mol. The first kappa shape index (κ1) is 20.9. The zero-order chi connectivity index (χ0) is 22.2. The molecule has 9 heteroatoms. The molecule has 2 heterocycles. The highest BCUT2D eigenvalue weighted by Crippen LogP contribution is 2.43. The minimum Gasteiger partial charge on any atom is -0.481 e. The van der Waals surface area contributed by atoms with Crippen molar-refractivity contribution in [2.45, 2.75) is 22.7 Å². The number of carboxylic acids is 2. The van der Waals surface area contributed by atoms with Gasteiger partial charge in [0, 0.05) is 12.3 Å². The van der Waals surface area contributed by atoms with Gasteiger partial charge in [-0.15, -0.1) is 11.8 Å². The largest absolute Gasteiger partial charge is 0.481 e. The van der Waals surface area contributed by atoms with Gasteiger partial charge in [0.05, 0.1) is 0 Å². The molecule has 0 saturated carbocycles. The zero-order valence-electron chi connectivity index (χ0n) is 16.3. The summed E-state index contributed by atoms with van der Waals surface area (Å²) in [4.78, 5) is 50.7. The Balaban J connectivity index is 1.50. The van der Waals surface area contributed by atoms with Gasteiger partial charge in [-0.2, -0.15) is 0 Å². The number of nitrogens with one attached hydrogen (secondary N) is 1. The van der Waals surface area contributed by atoms with Crippen LogP contribution in [0.1, 0.15) is 17.0 Å². The lowest BCUT2D eigenvalue weighted by atomic mass is 9.80. The summed E-state index contributed by atoms with van der Waals surface area (Å²) in [6.45, 7) is -0.00371. The van der Waals surface area contributed by atoms with E-state index in [-0.39, 0.29) is 12.3 Å². The minimum absolute atomic E-state index is 0.00371. The molecule has 0 spiro atoms. The molecular formula is C22H20N2O6S. The van der Waals surface area contributed by atoms with E-state index < -0.39 is 46.5 Å². The van der Waals surface area contributed by atoms with Crippen LogP contribution in [0.5, 0.6) is 0 Å². The van der Waals surface area contributed by atoms with Crippen molar-refractivity contribution in [1.29, 1.82) is 0 Å². The SMILES string of the molecule is O=C(O)C(C(=O)NC1C(=O)N2CC(C(=O)O)(c3ccccc3)CS[C@H]12)c1ccccc1. The maximum atomic E-state index is 12.8. The predicted molar refractivity (Wildman–Crippen MR) is 112 cm³/mol. The van der Waals surface area contributed by atoms with E-state index in [4.69, 9.17) is 0 Å². The summed E-state index contributed by atoms with van der Waals surface area (Å²) in [7, 11) is 0. The first-order chi connectivity index (χ1) is 14.8. The smallest absolute Gasteiger partial charge is 0.320 e.